The Bertz CT molecular complexity index is 750. The molecule has 4 rings (SSSR count). The lowest BCUT2D eigenvalue weighted by Crippen LogP contribution is -2.45. The van der Waals surface area contributed by atoms with E-state index in [-0.39, 0.29) is 24.4 Å². The first-order chi connectivity index (χ1) is 12.7. The first-order valence-corrected chi connectivity index (χ1v) is 9.41. The Kier molecular flexibility index (Phi) is 6.34. The molecule has 0 radical (unpaired) electrons. The van der Waals surface area contributed by atoms with Gasteiger partial charge in [-0.25, -0.2) is 4.79 Å². The van der Waals surface area contributed by atoms with Crippen molar-refractivity contribution in [3.63, 3.8) is 0 Å². The smallest absolute Gasteiger partial charge is 0.319 e. The van der Waals surface area contributed by atoms with Crippen LogP contribution < -0.4 is 5.73 Å². The highest BCUT2D eigenvalue weighted by Crippen LogP contribution is 2.29. The van der Waals surface area contributed by atoms with E-state index in [1.54, 1.807) is 0 Å². The van der Waals surface area contributed by atoms with Gasteiger partial charge in [0.25, 0.3) is 0 Å². The molecule has 27 heavy (non-hydrogen) atoms. The number of halogens is 1. The number of aromatic nitrogens is 2. The van der Waals surface area contributed by atoms with Crippen LogP contribution in [0.3, 0.4) is 0 Å². The highest BCUT2D eigenvalue weighted by atomic mass is 35.5. The Balaban J connectivity index is 0.00000210. The topological polar surface area (TPSA) is 88.5 Å². The fourth-order valence-corrected chi connectivity index (χ4v) is 3.73. The van der Waals surface area contributed by atoms with Crippen LogP contribution in [0.4, 0.5) is 4.79 Å². The summed E-state index contributed by atoms with van der Waals surface area (Å²) in [5, 5.41) is 4.13. The second kappa shape index (κ2) is 8.71. The minimum Gasteiger partial charge on any atom is -0.339 e. The fourth-order valence-electron chi connectivity index (χ4n) is 3.73. The third-order valence-corrected chi connectivity index (χ3v) is 5.38. The van der Waals surface area contributed by atoms with Gasteiger partial charge in [0.1, 0.15) is 0 Å². The van der Waals surface area contributed by atoms with Crippen LogP contribution >= 0.6 is 12.4 Å². The number of rotatable bonds is 3. The van der Waals surface area contributed by atoms with Crippen molar-refractivity contribution >= 4 is 18.4 Å². The molecule has 2 aliphatic heterocycles. The fraction of sp³-hybridized carbons (Fsp3) is 0.526. The molecular formula is C19H26ClN5O2. The number of amides is 2. The Labute approximate surface area is 165 Å². The van der Waals surface area contributed by atoms with Crippen molar-refractivity contribution in [2.75, 3.05) is 26.2 Å². The molecule has 0 bridgehead atoms. The van der Waals surface area contributed by atoms with Crippen LogP contribution in [0.2, 0.25) is 0 Å². The number of hydrogen-bond donors (Lipinski definition) is 1. The predicted molar refractivity (Wildman–Crippen MR) is 105 cm³/mol. The zero-order chi connectivity index (χ0) is 17.9. The lowest BCUT2D eigenvalue weighted by molar-refractivity contribution is 0.144. The first kappa shape index (κ1) is 19.6. The highest BCUT2D eigenvalue weighted by molar-refractivity contribution is 5.85. The van der Waals surface area contributed by atoms with Gasteiger partial charge in [0.15, 0.2) is 0 Å². The van der Waals surface area contributed by atoms with Gasteiger partial charge in [-0.3, -0.25) is 0 Å². The maximum Gasteiger partial charge on any atom is 0.319 e. The number of benzene rings is 1. The zero-order valence-corrected chi connectivity index (χ0v) is 16.2. The Morgan fingerprint density at radius 2 is 1.70 bits per heavy atom. The van der Waals surface area contributed by atoms with E-state index in [2.05, 4.69) is 10.1 Å². The number of urea groups is 1. The minimum absolute atomic E-state index is 0. The molecular weight excluding hydrogens is 366 g/mol. The number of piperidine rings is 1. The Hall–Kier alpha value is -2.12. The largest absolute Gasteiger partial charge is 0.339 e. The third-order valence-electron chi connectivity index (χ3n) is 5.38. The number of carbonyl (C=O) groups is 1. The van der Waals surface area contributed by atoms with Crippen molar-refractivity contribution in [2.24, 2.45) is 5.73 Å². The molecule has 2 aliphatic rings. The van der Waals surface area contributed by atoms with Crippen molar-refractivity contribution in [3.8, 4) is 11.4 Å². The molecule has 0 spiro atoms. The number of nitrogens with two attached hydrogens (primary N) is 1. The molecule has 0 unspecified atom stereocenters. The molecule has 7 nitrogen and oxygen atoms in total. The molecule has 1 aromatic heterocycles. The van der Waals surface area contributed by atoms with Gasteiger partial charge in [0.05, 0.1) is 0 Å². The number of likely N-dealkylation sites (tertiary alicyclic amines) is 2. The van der Waals surface area contributed by atoms with E-state index in [1.165, 1.54) is 0 Å². The highest BCUT2D eigenvalue weighted by Gasteiger charge is 2.30. The molecule has 2 saturated heterocycles. The molecule has 2 fully saturated rings. The van der Waals surface area contributed by atoms with Gasteiger partial charge in [0, 0.05) is 44.2 Å². The summed E-state index contributed by atoms with van der Waals surface area (Å²) in [5.74, 6) is 1.51. The molecule has 3 heterocycles. The average Bonchev–Trinajstić information content (AvgIpc) is 3.40. The number of hydrogen-bond acceptors (Lipinski definition) is 5. The summed E-state index contributed by atoms with van der Waals surface area (Å²) in [5.41, 5.74) is 7.64. The quantitative estimate of drug-likeness (QED) is 0.868. The van der Waals surface area contributed by atoms with Crippen molar-refractivity contribution in [1.82, 2.24) is 19.9 Å². The summed E-state index contributed by atoms with van der Waals surface area (Å²) in [6.45, 7) is 3.82. The van der Waals surface area contributed by atoms with E-state index in [0.29, 0.717) is 18.3 Å². The summed E-state index contributed by atoms with van der Waals surface area (Å²) in [6, 6.07) is 8.08. The molecule has 0 aliphatic carbocycles. The minimum atomic E-state index is 0. The lowest BCUT2D eigenvalue weighted by atomic mass is 9.97. The summed E-state index contributed by atoms with van der Waals surface area (Å²) < 4.78 is 5.51. The van der Waals surface area contributed by atoms with Gasteiger partial charge in [-0.05, 0) is 31.2 Å². The van der Waals surface area contributed by atoms with E-state index in [9.17, 15) is 4.79 Å². The molecule has 2 aromatic rings. The SMILES string of the molecule is Cl.NCc1ccc(-c2noc(C3CCN(C(=O)N4CCCC4)CC3)n2)cc1. The van der Waals surface area contributed by atoms with Gasteiger partial charge in [-0.15, -0.1) is 12.4 Å². The zero-order valence-electron chi connectivity index (χ0n) is 15.3. The molecule has 0 saturated carbocycles. The van der Waals surface area contributed by atoms with Gasteiger partial charge < -0.3 is 20.1 Å². The van der Waals surface area contributed by atoms with E-state index in [1.807, 2.05) is 34.1 Å². The van der Waals surface area contributed by atoms with Crippen molar-refractivity contribution in [3.05, 3.63) is 35.7 Å². The van der Waals surface area contributed by atoms with E-state index >= 15 is 0 Å². The monoisotopic (exact) mass is 391 g/mol. The van der Waals surface area contributed by atoms with Crippen LogP contribution in [0.15, 0.2) is 28.8 Å². The van der Waals surface area contributed by atoms with Crippen LogP contribution in [0, 0.1) is 0 Å². The van der Waals surface area contributed by atoms with Crippen LogP contribution in [-0.2, 0) is 6.54 Å². The van der Waals surface area contributed by atoms with Gasteiger partial charge in [-0.2, -0.15) is 4.98 Å². The summed E-state index contributed by atoms with van der Waals surface area (Å²) >= 11 is 0. The molecule has 2 N–H and O–H groups in total. The number of nitrogens with zero attached hydrogens (tertiary/aromatic N) is 4. The second-order valence-electron chi connectivity index (χ2n) is 7.10. The normalized spacial score (nSPS) is 17.8. The van der Waals surface area contributed by atoms with Crippen LogP contribution in [-0.4, -0.2) is 52.2 Å². The van der Waals surface area contributed by atoms with E-state index in [0.717, 1.165) is 63.0 Å². The van der Waals surface area contributed by atoms with Gasteiger partial charge in [0.2, 0.25) is 11.7 Å². The van der Waals surface area contributed by atoms with Crippen molar-refractivity contribution < 1.29 is 9.32 Å². The lowest BCUT2D eigenvalue weighted by Gasteiger charge is -2.33. The van der Waals surface area contributed by atoms with Crippen LogP contribution in [0.5, 0.6) is 0 Å². The maximum atomic E-state index is 12.5. The first-order valence-electron chi connectivity index (χ1n) is 9.41. The van der Waals surface area contributed by atoms with Crippen molar-refractivity contribution in [1.29, 1.82) is 0 Å². The Morgan fingerprint density at radius 1 is 1.07 bits per heavy atom. The van der Waals surface area contributed by atoms with E-state index < -0.39 is 0 Å². The van der Waals surface area contributed by atoms with Gasteiger partial charge in [-0.1, -0.05) is 29.4 Å². The molecule has 8 heteroatoms. The van der Waals surface area contributed by atoms with Gasteiger partial charge >= 0.3 is 6.03 Å². The molecule has 0 atom stereocenters. The summed E-state index contributed by atoms with van der Waals surface area (Å²) in [4.78, 5) is 21.0. The summed E-state index contributed by atoms with van der Waals surface area (Å²) in [6.07, 6.45) is 3.99. The standard InChI is InChI=1S/C19H25N5O2.ClH/c20-13-14-3-5-15(6-4-14)17-21-18(26-22-17)16-7-11-24(12-8-16)19(25)23-9-1-2-10-23;/h3-6,16H,1-2,7-13,20H2;1H. The summed E-state index contributed by atoms with van der Waals surface area (Å²) in [7, 11) is 0. The van der Waals surface area contributed by atoms with Crippen molar-refractivity contribution in [2.45, 2.75) is 38.1 Å². The third kappa shape index (κ3) is 4.25. The second-order valence-corrected chi connectivity index (χ2v) is 7.10. The average molecular weight is 392 g/mol. The van der Waals surface area contributed by atoms with E-state index in [4.69, 9.17) is 10.3 Å². The predicted octanol–water partition coefficient (Wildman–Crippen LogP) is 3.01. The number of carbonyl (C=O) groups excluding carboxylic acids is 1. The van der Waals surface area contributed by atoms with Crippen LogP contribution in [0.1, 0.15) is 43.1 Å². The molecule has 146 valence electrons. The molecule has 2 amide bonds. The Morgan fingerprint density at radius 3 is 2.33 bits per heavy atom. The maximum absolute atomic E-state index is 12.5. The van der Waals surface area contributed by atoms with Crippen LogP contribution in [0.25, 0.3) is 11.4 Å². The molecule has 1 aromatic carbocycles.